The normalized spacial score (nSPS) is 13.5. The molecule has 1 fully saturated rings. The molecule has 0 aliphatic heterocycles. The zero-order valence-corrected chi connectivity index (χ0v) is 21.0. The van der Waals surface area contributed by atoms with Crippen molar-refractivity contribution in [3.05, 3.63) is 116 Å². The molecule has 6 heteroatoms. The quantitative estimate of drug-likeness (QED) is 0.260. The Morgan fingerprint density at radius 1 is 0.946 bits per heavy atom. The summed E-state index contributed by atoms with van der Waals surface area (Å²) in [6.45, 7) is 0. The Labute approximate surface area is 216 Å². The highest BCUT2D eigenvalue weighted by atomic mass is 32.1. The number of benzene rings is 3. The molecule has 0 amide bonds. The molecule has 0 saturated heterocycles. The summed E-state index contributed by atoms with van der Waals surface area (Å²) in [6.07, 6.45) is 2.87. The topological polar surface area (TPSA) is 60.9 Å². The number of hydrogen-bond donors (Lipinski definition) is 0. The Balaban J connectivity index is 1.43. The molecule has 0 N–H and O–H groups in total. The molecule has 1 aliphatic carbocycles. The van der Waals surface area contributed by atoms with Gasteiger partial charge in [0, 0.05) is 17.7 Å². The number of rotatable bonds is 5. The zero-order valence-electron chi connectivity index (χ0n) is 20.2. The van der Waals surface area contributed by atoms with Gasteiger partial charge in [-0.1, -0.05) is 42.5 Å². The standard InChI is InChI=1S/C31H23NO4S/c1-35-23-13-11-19(12-14-23)25-17-26-29(31(34)36-25)32-27(33)16-22(28(20-9-10-20)30(32)37-26)15-21-7-4-6-18-5-2-3-8-24(18)21/h2-8,11-14,16-17,20H,9-10,15H2,1H3. The molecule has 5 nitrogen and oxygen atoms in total. The highest BCUT2D eigenvalue weighted by molar-refractivity contribution is 7.24. The molecule has 6 aromatic rings. The van der Waals surface area contributed by atoms with Crippen molar-refractivity contribution in [1.29, 1.82) is 0 Å². The number of nitrogens with zero attached hydrogens (tertiary/aromatic N) is 1. The molecule has 3 heterocycles. The van der Waals surface area contributed by atoms with E-state index >= 15 is 0 Å². The van der Waals surface area contributed by atoms with Crippen LogP contribution in [0.3, 0.4) is 0 Å². The van der Waals surface area contributed by atoms with Crippen LogP contribution in [0.2, 0.25) is 0 Å². The van der Waals surface area contributed by atoms with Gasteiger partial charge in [-0.25, -0.2) is 4.79 Å². The first-order valence-corrected chi connectivity index (χ1v) is 13.2. The molecule has 3 aromatic heterocycles. The molecule has 37 heavy (non-hydrogen) atoms. The molecule has 1 aliphatic rings. The summed E-state index contributed by atoms with van der Waals surface area (Å²) in [7, 11) is 1.61. The Kier molecular flexibility index (Phi) is 5.04. The van der Waals surface area contributed by atoms with Crippen LogP contribution in [0.25, 0.3) is 37.1 Å². The average Bonchev–Trinajstić information content (AvgIpc) is 3.67. The van der Waals surface area contributed by atoms with Crippen LogP contribution in [0.5, 0.6) is 5.75 Å². The predicted octanol–water partition coefficient (Wildman–Crippen LogP) is 6.76. The highest BCUT2D eigenvalue weighted by Crippen LogP contribution is 2.46. The van der Waals surface area contributed by atoms with Gasteiger partial charge < -0.3 is 9.15 Å². The molecule has 182 valence electrons. The maximum absolute atomic E-state index is 13.5. The summed E-state index contributed by atoms with van der Waals surface area (Å²) < 4.78 is 13.3. The molecule has 0 unspecified atom stereocenters. The van der Waals surface area contributed by atoms with E-state index in [0.717, 1.165) is 39.2 Å². The maximum Gasteiger partial charge on any atom is 0.362 e. The third kappa shape index (κ3) is 3.67. The second-order valence-electron chi connectivity index (χ2n) is 9.59. The van der Waals surface area contributed by atoms with Crippen LogP contribution in [0.4, 0.5) is 0 Å². The zero-order chi connectivity index (χ0) is 25.1. The lowest BCUT2D eigenvalue weighted by molar-refractivity contribution is 0.415. The number of hydrogen-bond acceptors (Lipinski definition) is 5. The summed E-state index contributed by atoms with van der Waals surface area (Å²) in [5.74, 6) is 1.61. The lowest BCUT2D eigenvalue weighted by atomic mass is 9.95. The first kappa shape index (κ1) is 22.1. The van der Waals surface area contributed by atoms with Gasteiger partial charge >= 0.3 is 5.63 Å². The molecule has 0 bridgehead atoms. The van der Waals surface area contributed by atoms with Crippen LogP contribution >= 0.6 is 11.3 Å². The number of fused-ring (bicyclic) bond motifs is 4. The molecule has 7 rings (SSSR count). The van der Waals surface area contributed by atoms with Gasteiger partial charge in [-0.3, -0.25) is 9.20 Å². The minimum Gasteiger partial charge on any atom is -0.497 e. The smallest absolute Gasteiger partial charge is 0.362 e. The molecule has 0 spiro atoms. The minimum absolute atomic E-state index is 0.189. The second kappa shape index (κ2) is 8.46. The highest BCUT2D eigenvalue weighted by Gasteiger charge is 2.31. The van der Waals surface area contributed by atoms with Crippen molar-refractivity contribution >= 4 is 37.2 Å². The summed E-state index contributed by atoms with van der Waals surface area (Å²) in [6, 6.07) is 25.7. The first-order valence-electron chi connectivity index (χ1n) is 12.4. The molecular formula is C31H23NO4S. The minimum atomic E-state index is -0.500. The van der Waals surface area contributed by atoms with E-state index in [4.69, 9.17) is 9.15 Å². The summed E-state index contributed by atoms with van der Waals surface area (Å²) in [4.78, 5) is 27.5. The number of thiazole rings is 1. The summed E-state index contributed by atoms with van der Waals surface area (Å²) in [5, 5.41) is 2.39. The van der Waals surface area contributed by atoms with Crippen molar-refractivity contribution in [2.45, 2.75) is 25.2 Å². The monoisotopic (exact) mass is 505 g/mol. The van der Waals surface area contributed by atoms with Crippen molar-refractivity contribution in [1.82, 2.24) is 4.40 Å². The van der Waals surface area contributed by atoms with Crippen LogP contribution in [-0.4, -0.2) is 11.5 Å². The van der Waals surface area contributed by atoms with Gasteiger partial charge in [0.15, 0.2) is 5.52 Å². The van der Waals surface area contributed by atoms with Gasteiger partial charge in [-0.15, -0.1) is 11.3 Å². The van der Waals surface area contributed by atoms with Crippen molar-refractivity contribution in [3.8, 4) is 17.1 Å². The number of pyridine rings is 1. The third-order valence-corrected chi connectivity index (χ3v) is 8.37. The molecule has 0 atom stereocenters. The van der Waals surface area contributed by atoms with E-state index in [-0.39, 0.29) is 5.56 Å². The predicted molar refractivity (Wildman–Crippen MR) is 148 cm³/mol. The van der Waals surface area contributed by atoms with Crippen molar-refractivity contribution in [2.24, 2.45) is 0 Å². The number of ether oxygens (including phenoxy) is 1. The van der Waals surface area contributed by atoms with Gasteiger partial charge in [0.2, 0.25) is 0 Å². The van der Waals surface area contributed by atoms with E-state index in [1.165, 1.54) is 33.2 Å². The lowest BCUT2D eigenvalue weighted by Crippen LogP contribution is -2.18. The van der Waals surface area contributed by atoms with Crippen LogP contribution in [0.15, 0.2) is 92.9 Å². The second-order valence-corrected chi connectivity index (χ2v) is 10.6. The van der Waals surface area contributed by atoms with Crippen LogP contribution in [-0.2, 0) is 6.42 Å². The summed E-state index contributed by atoms with van der Waals surface area (Å²) >= 11 is 1.51. The van der Waals surface area contributed by atoms with E-state index < -0.39 is 5.63 Å². The Morgan fingerprint density at radius 2 is 1.73 bits per heavy atom. The fourth-order valence-electron chi connectivity index (χ4n) is 5.32. The lowest BCUT2D eigenvalue weighted by Gasteiger charge is -2.12. The fourth-order valence-corrected chi connectivity index (χ4v) is 6.64. The Morgan fingerprint density at radius 3 is 2.51 bits per heavy atom. The van der Waals surface area contributed by atoms with Crippen LogP contribution in [0.1, 0.15) is 35.4 Å². The third-order valence-electron chi connectivity index (χ3n) is 7.24. The van der Waals surface area contributed by atoms with E-state index in [1.807, 2.05) is 36.4 Å². The Bertz CT molecular complexity index is 1940. The van der Waals surface area contributed by atoms with Gasteiger partial charge in [-0.2, -0.15) is 0 Å². The van der Waals surface area contributed by atoms with E-state index in [9.17, 15) is 9.59 Å². The van der Waals surface area contributed by atoms with E-state index in [0.29, 0.717) is 23.6 Å². The first-order chi connectivity index (χ1) is 18.1. The average molecular weight is 506 g/mol. The van der Waals surface area contributed by atoms with Gasteiger partial charge in [0.25, 0.3) is 5.56 Å². The molecule has 0 radical (unpaired) electrons. The van der Waals surface area contributed by atoms with Crippen molar-refractivity contribution < 1.29 is 9.15 Å². The van der Waals surface area contributed by atoms with E-state index in [2.05, 4.69) is 36.4 Å². The maximum atomic E-state index is 13.5. The van der Waals surface area contributed by atoms with Crippen LogP contribution in [0, 0.1) is 0 Å². The molecular weight excluding hydrogens is 482 g/mol. The van der Waals surface area contributed by atoms with Crippen LogP contribution < -0.4 is 15.9 Å². The Hall–Kier alpha value is -4.16. The molecule has 1 saturated carbocycles. The summed E-state index contributed by atoms with van der Waals surface area (Å²) in [5.41, 5.74) is 3.86. The van der Waals surface area contributed by atoms with Gasteiger partial charge in [-0.05, 0) is 76.9 Å². The van der Waals surface area contributed by atoms with Crippen molar-refractivity contribution in [2.75, 3.05) is 7.11 Å². The number of methoxy groups -OCH3 is 1. The number of aromatic nitrogens is 1. The fraction of sp³-hybridized carbons (Fsp3) is 0.161. The van der Waals surface area contributed by atoms with Crippen molar-refractivity contribution in [3.63, 3.8) is 0 Å². The van der Waals surface area contributed by atoms with Gasteiger partial charge in [0.05, 0.1) is 11.8 Å². The molecule has 3 aromatic carbocycles. The van der Waals surface area contributed by atoms with E-state index in [1.54, 1.807) is 17.6 Å². The SMILES string of the molecule is COc1ccc(-c2cc3sc4c(C5CC5)c(Cc5cccc6ccccc56)cc(=O)n4c3c(=O)o2)cc1. The largest absolute Gasteiger partial charge is 0.497 e. The van der Waals surface area contributed by atoms with Gasteiger partial charge in [0.1, 0.15) is 16.3 Å².